The highest BCUT2D eigenvalue weighted by Gasteiger charge is 2.23. The smallest absolute Gasteiger partial charge is 0.312 e. The molecule has 3 aromatic rings. The van der Waals surface area contributed by atoms with Crippen molar-refractivity contribution >= 4 is 27.5 Å². The van der Waals surface area contributed by atoms with Crippen molar-refractivity contribution < 1.29 is 9.72 Å². The van der Waals surface area contributed by atoms with Gasteiger partial charge in [-0.25, -0.2) is 0 Å². The Morgan fingerprint density at radius 1 is 1.03 bits per heavy atom. The van der Waals surface area contributed by atoms with E-state index in [0.717, 1.165) is 29.7 Å². The molecule has 2 heterocycles. The van der Waals surface area contributed by atoms with Crippen LogP contribution in [0.4, 0.5) is 5.69 Å². The minimum atomic E-state index is -0.394. The van der Waals surface area contributed by atoms with Gasteiger partial charge in [0.15, 0.2) is 0 Å². The number of amides is 1. The highest BCUT2D eigenvalue weighted by Crippen LogP contribution is 2.23. The third-order valence-electron chi connectivity index (χ3n) is 6.07. The molecule has 4 rings (SSSR count). The maximum absolute atomic E-state index is 13.0. The van der Waals surface area contributed by atoms with Crippen LogP contribution in [0.1, 0.15) is 32.9 Å². The molecule has 1 saturated heterocycles. The van der Waals surface area contributed by atoms with Crippen molar-refractivity contribution in [3.05, 3.63) is 91.2 Å². The van der Waals surface area contributed by atoms with Crippen molar-refractivity contribution in [3.63, 3.8) is 0 Å². The molecule has 0 atom stereocenters. The topological polar surface area (TPSA) is 84.5 Å². The molecule has 9 heteroatoms. The van der Waals surface area contributed by atoms with E-state index < -0.39 is 4.92 Å². The van der Waals surface area contributed by atoms with Gasteiger partial charge in [-0.05, 0) is 43.2 Å². The van der Waals surface area contributed by atoms with Crippen LogP contribution >= 0.6 is 15.9 Å². The average molecular weight is 512 g/mol. The van der Waals surface area contributed by atoms with Gasteiger partial charge in [0.05, 0.1) is 11.5 Å². The Kier molecular flexibility index (Phi) is 6.90. The second kappa shape index (κ2) is 9.84. The lowest BCUT2D eigenvalue weighted by Crippen LogP contribution is -2.48. The van der Waals surface area contributed by atoms with Gasteiger partial charge in [0.2, 0.25) is 0 Å². The minimum absolute atomic E-state index is 0.0313. The predicted octanol–water partition coefficient (Wildman–Crippen LogP) is 4.18. The van der Waals surface area contributed by atoms with Gasteiger partial charge < -0.3 is 4.90 Å². The number of aromatic nitrogens is 2. The number of carbonyl (C=O) groups is 1. The molecule has 0 radical (unpaired) electrons. The summed E-state index contributed by atoms with van der Waals surface area (Å²) in [6.45, 7) is 7.68. The molecule has 33 heavy (non-hydrogen) atoms. The summed E-state index contributed by atoms with van der Waals surface area (Å²) < 4.78 is 2.74. The fourth-order valence-electron chi connectivity index (χ4n) is 4.19. The summed E-state index contributed by atoms with van der Waals surface area (Å²) in [7, 11) is 0. The summed E-state index contributed by atoms with van der Waals surface area (Å²) >= 11 is 3.60. The first-order chi connectivity index (χ1) is 15.8. The zero-order valence-corrected chi connectivity index (χ0v) is 20.3. The third-order valence-corrected chi connectivity index (χ3v) is 6.84. The van der Waals surface area contributed by atoms with Crippen LogP contribution in [-0.4, -0.2) is 56.6 Å². The van der Waals surface area contributed by atoms with Gasteiger partial charge in [-0.2, -0.15) is 5.10 Å². The van der Waals surface area contributed by atoms with Crippen molar-refractivity contribution in [1.82, 2.24) is 19.6 Å². The van der Waals surface area contributed by atoms with Crippen LogP contribution in [0.2, 0.25) is 0 Å². The molecule has 0 N–H and O–H groups in total. The van der Waals surface area contributed by atoms with E-state index >= 15 is 0 Å². The first-order valence-electron chi connectivity index (χ1n) is 10.9. The van der Waals surface area contributed by atoms with Crippen LogP contribution in [-0.2, 0) is 13.1 Å². The van der Waals surface area contributed by atoms with Crippen molar-refractivity contribution in [2.75, 3.05) is 26.2 Å². The summed E-state index contributed by atoms with van der Waals surface area (Å²) in [5, 5.41) is 15.5. The lowest BCUT2D eigenvalue weighted by molar-refractivity contribution is -0.386. The number of nitro groups is 1. The molecule has 1 aliphatic heterocycles. The van der Waals surface area contributed by atoms with E-state index in [0.29, 0.717) is 36.6 Å². The molecular weight excluding hydrogens is 486 g/mol. The van der Waals surface area contributed by atoms with Crippen molar-refractivity contribution in [2.45, 2.75) is 26.9 Å². The van der Waals surface area contributed by atoms with Crippen LogP contribution < -0.4 is 0 Å². The highest BCUT2D eigenvalue weighted by atomic mass is 79.9. The Balaban J connectivity index is 1.35. The van der Waals surface area contributed by atoms with Crippen LogP contribution in [0.3, 0.4) is 0 Å². The van der Waals surface area contributed by atoms with Gasteiger partial charge in [0, 0.05) is 42.8 Å². The molecule has 1 aromatic heterocycles. The molecule has 1 aliphatic rings. The van der Waals surface area contributed by atoms with Crippen LogP contribution in [0.25, 0.3) is 0 Å². The van der Waals surface area contributed by atoms with Gasteiger partial charge in [-0.15, -0.1) is 0 Å². The third kappa shape index (κ3) is 5.15. The maximum atomic E-state index is 13.0. The standard InChI is InChI=1S/C24H26BrN5O3/c1-17-23(30(32)33)18(2)29(26-17)15-19-7-9-20(10-8-19)24(31)28-13-11-27(12-14-28)16-21-5-3-4-6-22(21)25/h3-10H,11-16H2,1-2H3. The van der Waals surface area contributed by atoms with E-state index in [2.05, 4.69) is 38.1 Å². The summed E-state index contributed by atoms with van der Waals surface area (Å²) in [5.74, 6) is 0.0313. The lowest BCUT2D eigenvalue weighted by atomic mass is 10.1. The number of rotatable bonds is 6. The van der Waals surface area contributed by atoms with E-state index in [1.165, 1.54) is 5.56 Å². The second-order valence-corrected chi connectivity index (χ2v) is 9.15. The molecule has 0 spiro atoms. The monoisotopic (exact) mass is 511 g/mol. The van der Waals surface area contributed by atoms with E-state index in [1.807, 2.05) is 41.3 Å². The largest absolute Gasteiger partial charge is 0.336 e. The molecule has 1 amide bonds. The maximum Gasteiger partial charge on any atom is 0.312 e. The molecule has 0 unspecified atom stereocenters. The van der Waals surface area contributed by atoms with Gasteiger partial charge in [-0.1, -0.05) is 46.3 Å². The van der Waals surface area contributed by atoms with E-state index in [4.69, 9.17) is 0 Å². The number of halogens is 1. The molecular formula is C24H26BrN5O3. The van der Waals surface area contributed by atoms with Gasteiger partial charge in [-0.3, -0.25) is 24.5 Å². The summed E-state index contributed by atoms with van der Waals surface area (Å²) in [4.78, 5) is 28.0. The number of aryl methyl sites for hydroxylation is 1. The Labute approximate surface area is 201 Å². The van der Waals surface area contributed by atoms with Gasteiger partial charge in [0.25, 0.3) is 5.91 Å². The first-order valence-corrected chi connectivity index (χ1v) is 11.6. The zero-order chi connectivity index (χ0) is 23.5. The average Bonchev–Trinajstić information content (AvgIpc) is 3.08. The van der Waals surface area contributed by atoms with E-state index in [1.54, 1.807) is 18.5 Å². The van der Waals surface area contributed by atoms with Crippen LogP contribution in [0, 0.1) is 24.0 Å². The van der Waals surface area contributed by atoms with Crippen LogP contribution in [0.5, 0.6) is 0 Å². The summed E-state index contributed by atoms with van der Waals surface area (Å²) in [6.07, 6.45) is 0. The number of piperazine rings is 1. The molecule has 0 aliphatic carbocycles. The lowest BCUT2D eigenvalue weighted by Gasteiger charge is -2.35. The second-order valence-electron chi connectivity index (χ2n) is 8.29. The minimum Gasteiger partial charge on any atom is -0.336 e. The molecule has 8 nitrogen and oxygen atoms in total. The fourth-order valence-corrected chi connectivity index (χ4v) is 4.60. The Morgan fingerprint density at radius 3 is 2.30 bits per heavy atom. The fraction of sp³-hybridized carbons (Fsp3) is 0.333. The Hall–Kier alpha value is -3.04. The van der Waals surface area contributed by atoms with E-state index in [9.17, 15) is 14.9 Å². The van der Waals surface area contributed by atoms with E-state index in [-0.39, 0.29) is 11.6 Å². The first kappa shape index (κ1) is 23.1. The zero-order valence-electron chi connectivity index (χ0n) is 18.7. The SMILES string of the molecule is Cc1nn(Cc2ccc(C(=O)N3CCN(Cc4ccccc4Br)CC3)cc2)c(C)c1[N+](=O)[O-]. The predicted molar refractivity (Wildman–Crippen MR) is 129 cm³/mol. The number of nitrogens with zero attached hydrogens (tertiary/aromatic N) is 5. The van der Waals surface area contributed by atoms with Crippen molar-refractivity contribution in [1.29, 1.82) is 0 Å². The Morgan fingerprint density at radius 2 is 1.70 bits per heavy atom. The van der Waals surface area contributed by atoms with Gasteiger partial charge >= 0.3 is 5.69 Å². The normalized spacial score (nSPS) is 14.5. The molecule has 1 fully saturated rings. The molecule has 0 saturated carbocycles. The van der Waals surface area contributed by atoms with Crippen molar-refractivity contribution in [2.24, 2.45) is 0 Å². The number of carbonyl (C=O) groups excluding carboxylic acids is 1. The number of benzene rings is 2. The Bertz CT molecular complexity index is 1170. The molecule has 172 valence electrons. The number of hydrogen-bond acceptors (Lipinski definition) is 5. The summed E-state index contributed by atoms with van der Waals surface area (Å²) in [5.41, 5.74) is 3.82. The molecule has 0 bridgehead atoms. The quantitative estimate of drug-likeness (QED) is 0.366. The van der Waals surface area contributed by atoms with Crippen LogP contribution in [0.15, 0.2) is 53.0 Å². The van der Waals surface area contributed by atoms with Crippen molar-refractivity contribution in [3.8, 4) is 0 Å². The number of hydrogen-bond donors (Lipinski definition) is 0. The molecule has 2 aromatic carbocycles. The summed E-state index contributed by atoms with van der Waals surface area (Å²) in [6, 6.07) is 15.6. The highest BCUT2D eigenvalue weighted by molar-refractivity contribution is 9.10. The van der Waals surface area contributed by atoms with Gasteiger partial charge in [0.1, 0.15) is 11.4 Å².